The maximum Gasteiger partial charge on any atom is 0.194 e. The van der Waals surface area contributed by atoms with E-state index in [0.717, 1.165) is 27.5 Å². The SMILES string of the molecule is C=C(Br)CNC(=NC)N(C)Cc1ncc(-c2ccccc2)[nH]1. The normalized spacial score (nSPS) is 11.3. The topological polar surface area (TPSA) is 56.3 Å². The average molecular weight is 362 g/mol. The van der Waals surface area contributed by atoms with Gasteiger partial charge in [0.25, 0.3) is 0 Å². The second-order valence-corrected chi connectivity index (χ2v) is 6.01. The molecule has 0 fully saturated rings. The van der Waals surface area contributed by atoms with Gasteiger partial charge in [-0.05, 0) is 5.56 Å². The first-order valence-electron chi connectivity index (χ1n) is 6.94. The second kappa shape index (κ2) is 7.79. The number of aromatic amines is 1. The molecule has 2 aromatic rings. The lowest BCUT2D eigenvalue weighted by Crippen LogP contribution is -2.39. The summed E-state index contributed by atoms with van der Waals surface area (Å²) in [5.41, 5.74) is 2.14. The van der Waals surface area contributed by atoms with Gasteiger partial charge in [-0.3, -0.25) is 4.99 Å². The summed E-state index contributed by atoms with van der Waals surface area (Å²) >= 11 is 3.33. The first-order chi connectivity index (χ1) is 10.6. The number of nitrogens with one attached hydrogen (secondary N) is 2. The Labute approximate surface area is 139 Å². The summed E-state index contributed by atoms with van der Waals surface area (Å²) in [5, 5.41) is 3.22. The van der Waals surface area contributed by atoms with Crippen LogP contribution in [0.4, 0.5) is 0 Å². The van der Waals surface area contributed by atoms with Gasteiger partial charge in [0, 0.05) is 25.1 Å². The molecular weight excluding hydrogens is 342 g/mol. The fraction of sp³-hybridized carbons (Fsp3) is 0.250. The minimum Gasteiger partial charge on any atom is -0.352 e. The Kier molecular flexibility index (Phi) is 5.77. The summed E-state index contributed by atoms with van der Waals surface area (Å²) in [5.74, 6) is 1.68. The van der Waals surface area contributed by atoms with E-state index in [1.54, 1.807) is 7.05 Å². The van der Waals surface area contributed by atoms with E-state index >= 15 is 0 Å². The van der Waals surface area contributed by atoms with E-state index < -0.39 is 0 Å². The van der Waals surface area contributed by atoms with Gasteiger partial charge in [-0.25, -0.2) is 4.98 Å². The standard InChI is InChI=1S/C16H20BrN5/c1-12(17)9-20-16(18-2)22(3)11-15-19-10-14(21-15)13-7-5-4-6-8-13/h4-8,10H,1,9,11H2,2-3H3,(H,18,20)(H,19,21). The zero-order chi connectivity index (χ0) is 15.9. The van der Waals surface area contributed by atoms with Crippen molar-refractivity contribution in [2.24, 2.45) is 4.99 Å². The molecule has 0 atom stereocenters. The van der Waals surface area contributed by atoms with Gasteiger partial charge in [0.1, 0.15) is 5.82 Å². The Bertz CT molecular complexity index is 648. The molecule has 2 rings (SSSR count). The lowest BCUT2D eigenvalue weighted by molar-refractivity contribution is 0.467. The molecule has 6 heteroatoms. The molecule has 1 aromatic heterocycles. The van der Waals surface area contributed by atoms with Crippen LogP contribution in [0.5, 0.6) is 0 Å². The quantitative estimate of drug-likeness (QED) is 0.635. The van der Waals surface area contributed by atoms with E-state index in [-0.39, 0.29) is 0 Å². The highest BCUT2D eigenvalue weighted by atomic mass is 79.9. The third-order valence-corrected chi connectivity index (χ3v) is 3.39. The van der Waals surface area contributed by atoms with Gasteiger partial charge in [0.2, 0.25) is 0 Å². The van der Waals surface area contributed by atoms with Crippen molar-refractivity contribution in [3.8, 4) is 11.3 Å². The number of H-pyrrole nitrogens is 1. The van der Waals surface area contributed by atoms with Crippen LogP contribution in [0, 0.1) is 0 Å². The van der Waals surface area contributed by atoms with Gasteiger partial charge in [0.05, 0.1) is 18.4 Å². The average Bonchev–Trinajstić information content (AvgIpc) is 2.97. The summed E-state index contributed by atoms with van der Waals surface area (Å²) in [4.78, 5) is 14.0. The number of halogens is 1. The first kappa shape index (κ1) is 16.3. The van der Waals surface area contributed by atoms with Gasteiger partial charge in [-0.1, -0.05) is 52.8 Å². The predicted molar refractivity (Wildman–Crippen MR) is 94.9 cm³/mol. The predicted octanol–water partition coefficient (Wildman–Crippen LogP) is 2.99. The highest BCUT2D eigenvalue weighted by molar-refractivity contribution is 9.11. The molecule has 0 saturated heterocycles. The smallest absolute Gasteiger partial charge is 0.194 e. The summed E-state index contributed by atoms with van der Waals surface area (Å²) in [6.45, 7) is 5.07. The Morgan fingerprint density at radius 3 is 2.77 bits per heavy atom. The van der Waals surface area contributed by atoms with E-state index in [9.17, 15) is 0 Å². The number of benzene rings is 1. The lowest BCUT2D eigenvalue weighted by atomic mass is 10.2. The fourth-order valence-electron chi connectivity index (χ4n) is 2.07. The van der Waals surface area contributed by atoms with Gasteiger partial charge in [0.15, 0.2) is 5.96 Å². The number of hydrogen-bond acceptors (Lipinski definition) is 2. The van der Waals surface area contributed by atoms with Crippen molar-refractivity contribution in [2.45, 2.75) is 6.54 Å². The number of guanidine groups is 1. The Morgan fingerprint density at radius 1 is 1.41 bits per heavy atom. The number of hydrogen-bond donors (Lipinski definition) is 2. The maximum absolute atomic E-state index is 4.44. The zero-order valence-electron chi connectivity index (χ0n) is 12.8. The Balaban J connectivity index is 2.01. The van der Waals surface area contributed by atoms with Crippen molar-refractivity contribution in [1.82, 2.24) is 20.2 Å². The van der Waals surface area contributed by atoms with Crippen LogP contribution in [0.15, 0.2) is 52.6 Å². The molecule has 0 amide bonds. The molecule has 0 radical (unpaired) electrons. The third-order valence-electron chi connectivity index (χ3n) is 3.11. The van der Waals surface area contributed by atoms with Crippen molar-refractivity contribution in [3.63, 3.8) is 0 Å². The highest BCUT2D eigenvalue weighted by Gasteiger charge is 2.09. The monoisotopic (exact) mass is 361 g/mol. The Hall–Kier alpha value is -2.08. The second-order valence-electron chi connectivity index (χ2n) is 4.88. The van der Waals surface area contributed by atoms with E-state index in [0.29, 0.717) is 13.1 Å². The molecule has 0 bridgehead atoms. The number of rotatable bonds is 5. The minimum absolute atomic E-state index is 0.629. The molecule has 2 N–H and O–H groups in total. The van der Waals surface area contributed by atoms with Crippen LogP contribution < -0.4 is 5.32 Å². The molecule has 0 aliphatic carbocycles. The first-order valence-corrected chi connectivity index (χ1v) is 7.74. The van der Waals surface area contributed by atoms with Crippen LogP contribution in [0.3, 0.4) is 0 Å². The summed E-state index contributed by atoms with van der Waals surface area (Å²) in [6, 6.07) is 10.1. The number of imidazole rings is 1. The van der Waals surface area contributed by atoms with Crippen molar-refractivity contribution >= 4 is 21.9 Å². The number of aromatic nitrogens is 2. The largest absolute Gasteiger partial charge is 0.352 e. The molecule has 116 valence electrons. The van der Waals surface area contributed by atoms with E-state index in [1.165, 1.54) is 0 Å². The van der Waals surface area contributed by atoms with Gasteiger partial charge in [-0.15, -0.1) is 0 Å². The van der Waals surface area contributed by atoms with Gasteiger partial charge >= 0.3 is 0 Å². The molecule has 1 heterocycles. The molecule has 5 nitrogen and oxygen atoms in total. The van der Waals surface area contributed by atoms with Crippen LogP contribution in [0.25, 0.3) is 11.3 Å². The van der Waals surface area contributed by atoms with Crippen LogP contribution >= 0.6 is 15.9 Å². The summed E-state index contributed by atoms with van der Waals surface area (Å²) < 4.78 is 0.881. The highest BCUT2D eigenvalue weighted by Crippen LogP contribution is 2.16. The van der Waals surface area contributed by atoms with Crippen LogP contribution in [-0.4, -0.2) is 41.5 Å². The molecule has 0 aliphatic rings. The molecule has 0 unspecified atom stereocenters. The minimum atomic E-state index is 0.629. The molecule has 0 spiro atoms. The molecule has 1 aromatic carbocycles. The zero-order valence-corrected chi connectivity index (χ0v) is 14.4. The van der Waals surface area contributed by atoms with E-state index in [4.69, 9.17) is 0 Å². The summed E-state index contributed by atoms with van der Waals surface area (Å²) in [6.07, 6.45) is 1.86. The van der Waals surface area contributed by atoms with Crippen LogP contribution in [-0.2, 0) is 6.54 Å². The van der Waals surface area contributed by atoms with Crippen molar-refractivity contribution in [3.05, 3.63) is 53.4 Å². The summed E-state index contributed by atoms with van der Waals surface area (Å²) in [7, 11) is 3.73. The molecule has 0 saturated carbocycles. The Morgan fingerprint density at radius 2 is 2.14 bits per heavy atom. The van der Waals surface area contributed by atoms with E-state index in [1.807, 2.05) is 36.3 Å². The lowest BCUT2D eigenvalue weighted by Gasteiger charge is -2.20. The molecular formula is C16H20BrN5. The maximum atomic E-state index is 4.44. The fourth-order valence-corrected chi connectivity index (χ4v) is 2.21. The van der Waals surface area contributed by atoms with Gasteiger partial charge < -0.3 is 15.2 Å². The molecule has 22 heavy (non-hydrogen) atoms. The third kappa shape index (κ3) is 4.46. The van der Waals surface area contributed by atoms with E-state index in [2.05, 4.69) is 54.9 Å². The van der Waals surface area contributed by atoms with Crippen molar-refractivity contribution in [2.75, 3.05) is 20.6 Å². The van der Waals surface area contributed by atoms with Crippen LogP contribution in [0.2, 0.25) is 0 Å². The molecule has 0 aliphatic heterocycles. The number of nitrogens with zero attached hydrogens (tertiary/aromatic N) is 3. The van der Waals surface area contributed by atoms with Crippen LogP contribution in [0.1, 0.15) is 5.82 Å². The van der Waals surface area contributed by atoms with Gasteiger partial charge in [-0.2, -0.15) is 0 Å². The number of aliphatic imine (C=N–C) groups is 1. The van der Waals surface area contributed by atoms with Crippen molar-refractivity contribution in [1.29, 1.82) is 0 Å². The van der Waals surface area contributed by atoms with Crippen molar-refractivity contribution < 1.29 is 0 Å².